The van der Waals surface area contributed by atoms with Crippen molar-refractivity contribution in [1.29, 1.82) is 0 Å². The third kappa shape index (κ3) is 1.95. The van der Waals surface area contributed by atoms with Gasteiger partial charge in [0.05, 0.1) is 25.1 Å². The Labute approximate surface area is 125 Å². The molecule has 8 heteroatoms. The minimum atomic E-state index is -1.86. The van der Waals surface area contributed by atoms with Crippen molar-refractivity contribution in [3.05, 3.63) is 39.9 Å². The van der Waals surface area contributed by atoms with Crippen molar-refractivity contribution in [2.75, 3.05) is 14.2 Å². The van der Waals surface area contributed by atoms with Gasteiger partial charge in [0.25, 0.3) is 5.69 Å². The van der Waals surface area contributed by atoms with E-state index < -0.39 is 34.1 Å². The summed E-state index contributed by atoms with van der Waals surface area (Å²) in [4.78, 5) is 46.0. The van der Waals surface area contributed by atoms with E-state index in [4.69, 9.17) is 0 Å². The highest BCUT2D eigenvalue weighted by molar-refractivity contribution is 6.09. The quantitative estimate of drug-likeness (QED) is 0.260. The van der Waals surface area contributed by atoms with E-state index in [1.165, 1.54) is 24.3 Å². The Hall–Kier alpha value is -2.77. The van der Waals surface area contributed by atoms with Gasteiger partial charge < -0.3 is 14.3 Å². The molecular weight excluding hydrogens is 294 g/mol. The molecule has 2 rings (SSSR count). The molecule has 0 unspecified atom stereocenters. The van der Waals surface area contributed by atoms with Crippen LogP contribution >= 0.6 is 0 Å². The van der Waals surface area contributed by atoms with Crippen LogP contribution in [0.4, 0.5) is 5.69 Å². The molecule has 0 saturated heterocycles. The predicted molar refractivity (Wildman–Crippen MR) is 71.9 cm³/mol. The average Bonchev–Trinajstić information content (AvgIpc) is 3.22. The second kappa shape index (κ2) is 5.55. The van der Waals surface area contributed by atoms with Crippen LogP contribution in [0.25, 0.3) is 0 Å². The summed E-state index contributed by atoms with van der Waals surface area (Å²) in [5, 5.41) is 11.1. The van der Waals surface area contributed by atoms with Crippen LogP contribution in [-0.2, 0) is 23.9 Å². The molecule has 116 valence electrons. The molecule has 22 heavy (non-hydrogen) atoms. The zero-order valence-corrected chi connectivity index (χ0v) is 11.8. The van der Waals surface area contributed by atoms with Crippen LogP contribution in [0.2, 0.25) is 0 Å². The van der Waals surface area contributed by atoms with Gasteiger partial charge in [-0.05, 0) is 0 Å². The third-order valence-electron chi connectivity index (χ3n) is 3.93. The first-order valence-corrected chi connectivity index (χ1v) is 6.32. The number of nitro benzene ring substituents is 1. The number of benzene rings is 1. The highest BCUT2D eigenvalue weighted by atomic mass is 16.6. The number of nitro groups is 1. The Morgan fingerprint density at radius 1 is 1.23 bits per heavy atom. The molecule has 0 aromatic heterocycles. The third-order valence-corrected chi connectivity index (χ3v) is 3.93. The minimum absolute atomic E-state index is 0.125. The molecule has 1 aromatic carbocycles. The monoisotopic (exact) mass is 307 g/mol. The van der Waals surface area contributed by atoms with E-state index in [1.807, 2.05) is 0 Å². The standard InChI is InChI=1S/C14H13NO7/c1-21-12(17)14(13(18)22-2)9(7-16)11(14)8-5-3-4-6-10(8)15(19)20/h3-7,9,11H,1-2H3/t9-,11-/m1/s1. The van der Waals surface area contributed by atoms with Gasteiger partial charge in [-0.25, -0.2) is 0 Å². The number of carbonyl (C=O) groups is 3. The molecule has 0 spiro atoms. The molecule has 0 heterocycles. The zero-order chi connectivity index (χ0) is 16.5. The first-order valence-electron chi connectivity index (χ1n) is 6.32. The zero-order valence-electron chi connectivity index (χ0n) is 11.8. The van der Waals surface area contributed by atoms with Crippen LogP contribution in [0.1, 0.15) is 11.5 Å². The molecule has 0 radical (unpaired) electrons. The first-order chi connectivity index (χ1) is 10.5. The number of rotatable bonds is 5. The molecule has 0 aliphatic heterocycles. The van der Waals surface area contributed by atoms with Gasteiger partial charge in [0.2, 0.25) is 0 Å². The normalized spacial score (nSPS) is 21.5. The molecule has 1 aliphatic rings. The van der Waals surface area contributed by atoms with Crippen molar-refractivity contribution >= 4 is 23.9 Å². The number of aldehydes is 1. The Morgan fingerprint density at radius 3 is 2.23 bits per heavy atom. The SMILES string of the molecule is COC(=O)C1(C(=O)OC)[C@H](C=O)[C@H]1c1ccccc1[N+](=O)[O-]. The van der Waals surface area contributed by atoms with Gasteiger partial charge in [-0.15, -0.1) is 0 Å². The fraction of sp³-hybridized carbons (Fsp3) is 0.357. The topological polar surface area (TPSA) is 113 Å². The van der Waals surface area contributed by atoms with Gasteiger partial charge in [0, 0.05) is 17.5 Å². The Balaban J connectivity index is 2.60. The number of esters is 2. The number of hydrogen-bond acceptors (Lipinski definition) is 7. The smallest absolute Gasteiger partial charge is 0.324 e. The highest BCUT2D eigenvalue weighted by Gasteiger charge is 2.78. The molecule has 0 N–H and O–H groups in total. The largest absolute Gasteiger partial charge is 0.468 e. The number of ether oxygens (including phenoxy) is 2. The number of methoxy groups -OCH3 is 2. The van der Waals surface area contributed by atoms with Gasteiger partial charge in [-0.3, -0.25) is 19.7 Å². The molecule has 0 bridgehead atoms. The summed E-state index contributed by atoms with van der Waals surface area (Å²) < 4.78 is 9.23. The Bertz CT molecular complexity index is 638. The summed E-state index contributed by atoms with van der Waals surface area (Å²) in [5.41, 5.74) is -2.01. The molecule has 1 aromatic rings. The molecule has 2 atom stereocenters. The van der Waals surface area contributed by atoms with Gasteiger partial charge >= 0.3 is 11.9 Å². The number of hydrogen-bond donors (Lipinski definition) is 0. The molecular formula is C14H13NO7. The Morgan fingerprint density at radius 2 is 1.77 bits per heavy atom. The van der Waals surface area contributed by atoms with Crippen molar-refractivity contribution in [2.45, 2.75) is 5.92 Å². The summed E-state index contributed by atoms with van der Waals surface area (Å²) in [6, 6.07) is 5.64. The molecule has 1 saturated carbocycles. The summed E-state index contributed by atoms with van der Waals surface area (Å²) in [6.45, 7) is 0. The van der Waals surface area contributed by atoms with Crippen molar-refractivity contribution in [2.24, 2.45) is 11.3 Å². The maximum atomic E-state index is 12.1. The summed E-state index contributed by atoms with van der Waals surface area (Å²) in [5.74, 6) is -3.93. The first kappa shape index (κ1) is 15.6. The van der Waals surface area contributed by atoms with E-state index in [2.05, 4.69) is 9.47 Å². The van der Waals surface area contributed by atoms with E-state index in [0.29, 0.717) is 6.29 Å². The van der Waals surface area contributed by atoms with E-state index in [1.54, 1.807) is 0 Å². The lowest BCUT2D eigenvalue weighted by Crippen LogP contribution is -2.32. The van der Waals surface area contributed by atoms with Crippen LogP contribution < -0.4 is 0 Å². The predicted octanol–water partition coefficient (Wildman–Crippen LogP) is 0.839. The van der Waals surface area contributed by atoms with Gasteiger partial charge in [0.15, 0.2) is 5.41 Å². The van der Waals surface area contributed by atoms with Crippen molar-refractivity contribution in [3.8, 4) is 0 Å². The second-order valence-electron chi connectivity index (χ2n) is 4.81. The summed E-state index contributed by atoms with van der Waals surface area (Å²) >= 11 is 0. The number of para-hydroxylation sites is 1. The van der Waals surface area contributed by atoms with E-state index in [9.17, 15) is 24.5 Å². The molecule has 8 nitrogen and oxygen atoms in total. The van der Waals surface area contributed by atoms with Gasteiger partial charge in [-0.1, -0.05) is 18.2 Å². The number of carbonyl (C=O) groups excluding carboxylic acids is 3. The summed E-state index contributed by atoms with van der Waals surface area (Å²) in [6.07, 6.45) is 0.426. The lowest BCUT2D eigenvalue weighted by Gasteiger charge is -2.12. The van der Waals surface area contributed by atoms with Crippen LogP contribution in [-0.4, -0.2) is 37.4 Å². The lowest BCUT2D eigenvalue weighted by molar-refractivity contribution is -0.385. The average molecular weight is 307 g/mol. The molecule has 0 amide bonds. The maximum absolute atomic E-state index is 12.1. The van der Waals surface area contributed by atoms with Gasteiger partial charge in [0.1, 0.15) is 6.29 Å². The van der Waals surface area contributed by atoms with Crippen molar-refractivity contribution in [1.82, 2.24) is 0 Å². The fourth-order valence-electron chi connectivity index (χ4n) is 2.90. The minimum Gasteiger partial charge on any atom is -0.468 e. The van der Waals surface area contributed by atoms with E-state index >= 15 is 0 Å². The van der Waals surface area contributed by atoms with Crippen LogP contribution in [0.15, 0.2) is 24.3 Å². The van der Waals surface area contributed by atoms with E-state index in [0.717, 1.165) is 14.2 Å². The molecule has 1 aliphatic carbocycles. The summed E-state index contributed by atoms with van der Waals surface area (Å²) in [7, 11) is 2.15. The van der Waals surface area contributed by atoms with Crippen LogP contribution in [0, 0.1) is 21.4 Å². The Kier molecular flexibility index (Phi) is 3.94. The lowest BCUT2D eigenvalue weighted by atomic mass is 9.97. The highest BCUT2D eigenvalue weighted by Crippen LogP contribution is 2.66. The maximum Gasteiger partial charge on any atom is 0.324 e. The number of nitrogens with zero attached hydrogens (tertiary/aromatic N) is 1. The van der Waals surface area contributed by atoms with Crippen LogP contribution in [0.3, 0.4) is 0 Å². The second-order valence-corrected chi connectivity index (χ2v) is 4.81. The van der Waals surface area contributed by atoms with E-state index in [-0.39, 0.29) is 11.3 Å². The molecule has 1 fully saturated rings. The van der Waals surface area contributed by atoms with Crippen molar-refractivity contribution in [3.63, 3.8) is 0 Å². The fourth-order valence-corrected chi connectivity index (χ4v) is 2.90. The van der Waals surface area contributed by atoms with Crippen LogP contribution in [0.5, 0.6) is 0 Å². The van der Waals surface area contributed by atoms with Gasteiger partial charge in [-0.2, -0.15) is 0 Å². The van der Waals surface area contributed by atoms with Crippen molar-refractivity contribution < 1.29 is 28.8 Å².